The van der Waals surface area contributed by atoms with Crippen LogP contribution in [0.3, 0.4) is 0 Å². The smallest absolute Gasteiger partial charge is 0.244 e. The van der Waals surface area contributed by atoms with E-state index in [1.54, 1.807) is 16.7 Å². The van der Waals surface area contributed by atoms with Crippen molar-refractivity contribution in [1.29, 1.82) is 0 Å². The highest BCUT2D eigenvalue weighted by atomic mass is 32.2. The highest BCUT2D eigenvalue weighted by molar-refractivity contribution is 8.02. The van der Waals surface area contributed by atoms with E-state index in [0.29, 0.717) is 6.54 Å². The second kappa shape index (κ2) is 11.4. The maximum Gasteiger partial charge on any atom is 0.244 e. The summed E-state index contributed by atoms with van der Waals surface area (Å²) in [4.78, 5) is 43.9. The van der Waals surface area contributed by atoms with E-state index in [2.05, 4.69) is 52.2 Å². The van der Waals surface area contributed by atoms with Gasteiger partial charge >= 0.3 is 0 Å². The third kappa shape index (κ3) is 6.02. The molecule has 1 aromatic carbocycles. The zero-order valence-electron chi connectivity index (χ0n) is 24.5. The number of aliphatic hydroxyl groups excluding tert-OH is 1. The molecule has 3 saturated heterocycles. The number of likely N-dealkylation sites (tertiary alicyclic amines) is 1. The Bertz CT molecular complexity index is 1060. The number of carbonyl (C=O) groups excluding carboxylic acids is 3. The first kappa shape index (κ1) is 29.9. The zero-order valence-corrected chi connectivity index (χ0v) is 25.3. The zero-order chi connectivity index (χ0) is 28.6. The van der Waals surface area contributed by atoms with E-state index < -0.39 is 28.2 Å². The number of benzene rings is 1. The minimum Gasteiger partial charge on any atom is -0.396 e. The number of para-hydroxylation sites is 1. The number of anilines is 1. The number of rotatable bonds is 11. The van der Waals surface area contributed by atoms with E-state index in [0.717, 1.165) is 44.2 Å². The van der Waals surface area contributed by atoms with Crippen molar-refractivity contribution < 1.29 is 19.5 Å². The number of aliphatic hydroxyl groups is 1. The lowest BCUT2D eigenvalue weighted by Gasteiger charge is -2.41. The van der Waals surface area contributed by atoms with Crippen LogP contribution in [0.2, 0.25) is 0 Å². The lowest BCUT2D eigenvalue weighted by Crippen LogP contribution is -2.60. The molecule has 0 saturated carbocycles. The van der Waals surface area contributed by atoms with E-state index in [9.17, 15) is 14.4 Å². The van der Waals surface area contributed by atoms with Gasteiger partial charge in [-0.1, -0.05) is 58.7 Å². The fourth-order valence-corrected chi connectivity index (χ4v) is 10.0. The number of amides is 3. The average Bonchev–Trinajstić information content (AvgIpc) is 3.41. The van der Waals surface area contributed by atoms with Crippen molar-refractivity contribution in [2.45, 2.75) is 102 Å². The fourth-order valence-electron chi connectivity index (χ4n) is 7.63. The largest absolute Gasteiger partial charge is 0.396 e. The fraction of sp³-hybridized carbons (Fsp3) is 0.710. The third-order valence-corrected chi connectivity index (χ3v) is 10.7. The normalized spacial score (nSPS) is 30.0. The second-order valence-electron chi connectivity index (χ2n) is 13.7. The molecule has 1 aromatic rings. The molecule has 4 rings (SSSR count). The lowest BCUT2D eigenvalue weighted by molar-refractivity contribution is -0.139. The van der Waals surface area contributed by atoms with Gasteiger partial charge in [0.25, 0.3) is 0 Å². The molecule has 8 heteroatoms. The number of nitrogens with zero attached hydrogens (tertiary/aromatic N) is 1. The molecule has 3 aliphatic rings. The van der Waals surface area contributed by atoms with Gasteiger partial charge in [-0.25, -0.2) is 0 Å². The molecule has 216 valence electrons. The van der Waals surface area contributed by atoms with Crippen LogP contribution in [-0.2, 0) is 14.4 Å². The monoisotopic (exact) mass is 557 g/mol. The molecule has 0 aliphatic carbocycles. The topological polar surface area (TPSA) is 98.7 Å². The Hall–Kier alpha value is -2.06. The van der Waals surface area contributed by atoms with Crippen molar-refractivity contribution in [3.05, 3.63) is 30.3 Å². The van der Waals surface area contributed by atoms with Crippen LogP contribution in [-0.4, -0.2) is 62.5 Å². The van der Waals surface area contributed by atoms with Gasteiger partial charge in [-0.05, 0) is 63.0 Å². The Morgan fingerprint density at radius 2 is 1.72 bits per heavy atom. The summed E-state index contributed by atoms with van der Waals surface area (Å²) >= 11 is 1.72. The van der Waals surface area contributed by atoms with Gasteiger partial charge in [0.15, 0.2) is 0 Å². The van der Waals surface area contributed by atoms with Crippen LogP contribution in [0.4, 0.5) is 5.69 Å². The van der Waals surface area contributed by atoms with Gasteiger partial charge < -0.3 is 20.6 Å². The summed E-state index contributed by atoms with van der Waals surface area (Å²) < 4.78 is -0.618. The maximum absolute atomic E-state index is 14.2. The first-order valence-corrected chi connectivity index (χ1v) is 15.5. The number of carbonyl (C=O) groups is 3. The van der Waals surface area contributed by atoms with E-state index in [1.807, 2.05) is 30.3 Å². The van der Waals surface area contributed by atoms with Gasteiger partial charge in [0.1, 0.15) is 6.04 Å². The van der Waals surface area contributed by atoms with E-state index >= 15 is 0 Å². The first-order valence-electron chi connectivity index (χ1n) is 14.6. The van der Waals surface area contributed by atoms with Crippen LogP contribution in [0, 0.1) is 23.2 Å². The average molecular weight is 558 g/mol. The number of fused-ring (bicyclic) bond motifs is 1. The molecule has 3 unspecified atom stereocenters. The maximum atomic E-state index is 14.2. The Labute approximate surface area is 238 Å². The summed E-state index contributed by atoms with van der Waals surface area (Å²) in [7, 11) is 0. The van der Waals surface area contributed by atoms with Crippen molar-refractivity contribution in [1.82, 2.24) is 10.2 Å². The van der Waals surface area contributed by atoms with Crippen LogP contribution in [0.25, 0.3) is 0 Å². The highest BCUT2D eigenvalue weighted by Gasteiger charge is 2.76. The molecule has 0 radical (unpaired) electrons. The molecule has 1 spiro atoms. The number of hydrogen-bond donors (Lipinski definition) is 3. The summed E-state index contributed by atoms with van der Waals surface area (Å²) in [6, 6.07) is 8.79. The molecule has 3 heterocycles. The SMILES string of the molecule is CC1C[C@H]2SC13C(C(=O)NC(C)(C)CC(C)(C)C)N(CCCCCCO)C(=O)[C@@H]3[C@H]2C(=O)Nc1ccccc1. The van der Waals surface area contributed by atoms with Gasteiger partial charge in [0, 0.05) is 29.6 Å². The summed E-state index contributed by atoms with van der Waals surface area (Å²) in [5.74, 6) is -1.11. The second-order valence-corrected chi connectivity index (χ2v) is 15.2. The molecule has 3 N–H and O–H groups in total. The Morgan fingerprint density at radius 3 is 2.36 bits per heavy atom. The van der Waals surface area contributed by atoms with E-state index in [-0.39, 0.29) is 40.9 Å². The molecular weight excluding hydrogens is 510 g/mol. The Balaban J connectivity index is 1.64. The van der Waals surface area contributed by atoms with Gasteiger partial charge in [-0.3, -0.25) is 14.4 Å². The number of nitrogens with one attached hydrogen (secondary N) is 2. The number of hydrogen-bond acceptors (Lipinski definition) is 5. The van der Waals surface area contributed by atoms with Crippen molar-refractivity contribution in [2.24, 2.45) is 23.2 Å². The van der Waals surface area contributed by atoms with E-state index in [1.165, 1.54) is 0 Å². The molecule has 6 atom stereocenters. The molecule has 0 aromatic heterocycles. The van der Waals surface area contributed by atoms with Crippen LogP contribution in [0.1, 0.15) is 80.1 Å². The minimum atomic E-state index is -0.618. The van der Waals surface area contributed by atoms with Gasteiger partial charge in [-0.2, -0.15) is 0 Å². The Kier molecular flexibility index (Phi) is 8.77. The van der Waals surface area contributed by atoms with Gasteiger partial charge in [0.05, 0.1) is 16.6 Å². The Morgan fingerprint density at radius 1 is 1.05 bits per heavy atom. The predicted octanol–water partition coefficient (Wildman–Crippen LogP) is 4.85. The van der Waals surface area contributed by atoms with Crippen molar-refractivity contribution in [2.75, 3.05) is 18.5 Å². The summed E-state index contributed by atoms with van der Waals surface area (Å²) in [6.45, 7) is 13.4. The van der Waals surface area contributed by atoms with Crippen LogP contribution in [0.5, 0.6) is 0 Å². The van der Waals surface area contributed by atoms with Crippen molar-refractivity contribution in [3.8, 4) is 0 Å². The first-order chi connectivity index (χ1) is 18.3. The van der Waals surface area contributed by atoms with Gasteiger partial charge in [-0.15, -0.1) is 11.8 Å². The molecule has 7 nitrogen and oxygen atoms in total. The molecule has 3 amide bonds. The molecule has 39 heavy (non-hydrogen) atoms. The summed E-state index contributed by atoms with van der Waals surface area (Å²) in [5.41, 5.74) is 0.320. The van der Waals surface area contributed by atoms with Gasteiger partial charge in [0.2, 0.25) is 17.7 Å². The third-order valence-electron chi connectivity index (χ3n) is 8.58. The quantitative estimate of drug-likeness (QED) is 0.338. The predicted molar refractivity (Wildman–Crippen MR) is 157 cm³/mol. The van der Waals surface area contributed by atoms with Crippen molar-refractivity contribution >= 4 is 35.2 Å². The standard InChI is InChI=1S/C31H47N3O4S/c1-20-18-22-23(26(36)32-21-14-10-9-11-15-21)24-28(38)34(16-12-7-8-13-17-35)25(31(20,24)39-22)27(37)33-30(5,6)19-29(2,3)4/h9-11,14-15,20,22-25,35H,7-8,12-13,16-19H2,1-6H3,(H,32,36)(H,33,37)/t20?,22-,23+,24+,25?,31?/m1/s1. The van der Waals surface area contributed by atoms with Crippen LogP contribution in [0.15, 0.2) is 30.3 Å². The lowest BCUT2D eigenvalue weighted by atomic mass is 9.65. The summed E-state index contributed by atoms with van der Waals surface area (Å²) in [5, 5.41) is 15.6. The van der Waals surface area contributed by atoms with Crippen LogP contribution >= 0.6 is 11.8 Å². The minimum absolute atomic E-state index is 0.0160. The molecule has 3 aliphatic heterocycles. The number of thioether (sulfide) groups is 1. The molecule has 2 bridgehead atoms. The number of unbranched alkanes of at least 4 members (excludes halogenated alkanes) is 3. The molecular formula is C31H47N3O4S. The van der Waals surface area contributed by atoms with E-state index in [4.69, 9.17) is 5.11 Å². The summed E-state index contributed by atoms with van der Waals surface area (Å²) in [6.07, 6.45) is 4.90. The van der Waals surface area contributed by atoms with Crippen LogP contribution < -0.4 is 10.6 Å². The van der Waals surface area contributed by atoms with Crippen molar-refractivity contribution in [3.63, 3.8) is 0 Å². The highest BCUT2D eigenvalue weighted by Crippen LogP contribution is 2.68. The molecule has 3 fully saturated rings.